The summed E-state index contributed by atoms with van der Waals surface area (Å²) in [5, 5.41) is 3.12. The molecule has 170 valence electrons. The first-order valence-electron chi connectivity index (χ1n) is 11.3. The second kappa shape index (κ2) is 10.4. The number of nitrogens with one attached hydrogen (secondary N) is 1. The first-order valence-corrected chi connectivity index (χ1v) is 12.5. The Hall–Kier alpha value is -2.51. The number of rotatable bonds is 7. The van der Waals surface area contributed by atoms with E-state index in [1.54, 1.807) is 18.5 Å². The smallest absolute Gasteiger partial charge is 0.287 e. The zero-order valence-electron chi connectivity index (χ0n) is 18.8. The largest absolute Gasteiger partial charge is 0.455 e. The third-order valence-electron chi connectivity index (χ3n) is 5.86. The van der Waals surface area contributed by atoms with E-state index in [1.807, 2.05) is 30.3 Å². The third kappa shape index (κ3) is 5.64. The van der Waals surface area contributed by atoms with Gasteiger partial charge in [0.2, 0.25) is 0 Å². The molecule has 1 saturated heterocycles. The molecule has 2 aromatic rings. The van der Waals surface area contributed by atoms with E-state index in [1.165, 1.54) is 0 Å². The Bertz CT molecular complexity index is 1020. The van der Waals surface area contributed by atoms with Gasteiger partial charge in [-0.2, -0.15) is 0 Å². The van der Waals surface area contributed by atoms with Crippen molar-refractivity contribution in [3.05, 3.63) is 59.2 Å². The zero-order valence-corrected chi connectivity index (χ0v) is 19.6. The minimum absolute atomic E-state index is 0.220. The van der Waals surface area contributed by atoms with Gasteiger partial charge in [0, 0.05) is 47.6 Å². The zero-order chi connectivity index (χ0) is 22.5. The van der Waals surface area contributed by atoms with Crippen LogP contribution in [0.1, 0.15) is 54.1 Å². The Labute approximate surface area is 192 Å². The number of hydrogen-bond acceptors (Lipinski definition) is 5. The number of carbonyl (C=O) groups excluding carboxylic acids is 1. The molecule has 0 radical (unpaired) electrons. The van der Waals surface area contributed by atoms with Gasteiger partial charge in [-0.15, -0.1) is 0 Å². The molecule has 3 heterocycles. The average Bonchev–Trinajstić information content (AvgIpc) is 3.08. The van der Waals surface area contributed by atoms with Crippen molar-refractivity contribution in [2.45, 2.75) is 49.8 Å². The van der Waals surface area contributed by atoms with Gasteiger partial charge in [0.15, 0.2) is 5.76 Å². The Morgan fingerprint density at radius 1 is 1.25 bits per heavy atom. The number of fused-ring (bicyclic) bond motifs is 1. The van der Waals surface area contributed by atoms with Crippen LogP contribution in [0.3, 0.4) is 0 Å². The van der Waals surface area contributed by atoms with E-state index in [2.05, 4.69) is 29.1 Å². The fourth-order valence-electron chi connectivity index (χ4n) is 4.20. The van der Waals surface area contributed by atoms with Crippen LogP contribution >= 0.6 is 0 Å². The number of carbonyl (C=O) groups is 1. The van der Waals surface area contributed by atoms with Crippen LogP contribution < -0.4 is 5.32 Å². The van der Waals surface area contributed by atoms with Crippen LogP contribution in [0.4, 0.5) is 0 Å². The standard InChI is InChI=1S/C25H31N3O3S/c1-18(2)17-28-13-9-22(10-14-28)32(30)21-5-3-19(4-6-21)16-27-25(29)24-15-20-7-11-26-12-8-23(20)31-24/h3-7,11-12,15,18,22H,8-10,13-14,16-17H2,1-2H3,(H,27,29). The van der Waals surface area contributed by atoms with E-state index in [4.69, 9.17) is 4.42 Å². The number of nitrogens with zero attached hydrogens (tertiary/aromatic N) is 2. The lowest BCUT2D eigenvalue weighted by atomic mass is 10.1. The molecule has 1 aromatic carbocycles. The summed E-state index contributed by atoms with van der Waals surface area (Å²) in [6.07, 6.45) is 7.82. The summed E-state index contributed by atoms with van der Waals surface area (Å²) in [5.41, 5.74) is 1.85. The second-order valence-electron chi connectivity index (χ2n) is 8.86. The molecule has 2 aliphatic heterocycles. The number of aliphatic imine (C=N–C) groups is 1. The van der Waals surface area contributed by atoms with Gasteiger partial charge >= 0.3 is 0 Å². The number of amides is 1. The van der Waals surface area contributed by atoms with Gasteiger partial charge in [-0.1, -0.05) is 26.0 Å². The molecule has 1 fully saturated rings. The highest BCUT2D eigenvalue weighted by Crippen LogP contribution is 2.23. The number of benzene rings is 1. The van der Waals surface area contributed by atoms with Crippen LogP contribution in [0.15, 0.2) is 50.8 Å². The quantitative estimate of drug-likeness (QED) is 0.687. The van der Waals surface area contributed by atoms with Crippen molar-refractivity contribution in [3.63, 3.8) is 0 Å². The molecule has 32 heavy (non-hydrogen) atoms. The molecular formula is C25H31N3O3S. The minimum atomic E-state index is -0.992. The van der Waals surface area contributed by atoms with Crippen LogP contribution in [0.25, 0.3) is 6.08 Å². The predicted octanol–water partition coefficient (Wildman–Crippen LogP) is 4.04. The lowest BCUT2D eigenvalue weighted by Crippen LogP contribution is -2.39. The summed E-state index contributed by atoms with van der Waals surface area (Å²) in [6.45, 7) is 8.04. The van der Waals surface area contributed by atoms with Gasteiger partial charge in [0.25, 0.3) is 5.91 Å². The molecule has 1 amide bonds. The monoisotopic (exact) mass is 453 g/mol. The topological polar surface area (TPSA) is 74.9 Å². The highest BCUT2D eigenvalue weighted by atomic mass is 32.2. The molecule has 4 rings (SSSR count). The van der Waals surface area contributed by atoms with Crippen LogP contribution in [0.2, 0.25) is 0 Å². The van der Waals surface area contributed by atoms with E-state index in [9.17, 15) is 9.00 Å². The summed E-state index contributed by atoms with van der Waals surface area (Å²) in [6, 6.07) is 9.49. The minimum Gasteiger partial charge on any atom is -0.455 e. The summed E-state index contributed by atoms with van der Waals surface area (Å²) in [5.74, 6) is 1.47. The van der Waals surface area contributed by atoms with Crippen molar-refractivity contribution >= 4 is 29.0 Å². The predicted molar refractivity (Wildman–Crippen MR) is 128 cm³/mol. The highest BCUT2D eigenvalue weighted by Gasteiger charge is 2.25. The van der Waals surface area contributed by atoms with Gasteiger partial charge in [-0.25, -0.2) is 0 Å². The van der Waals surface area contributed by atoms with Crippen molar-refractivity contribution < 1.29 is 13.4 Å². The summed E-state index contributed by atoms with van der Waals surface area (Å²) in [7, 11) is -0.992. The first kappa shape index (κ1) is 22.7. The highest BCUT2D eigenvalue weighted by molar-refractivity contribution is 7.85. The van der Waals surface area contributed by atoms with Crippen LogP contribution in [0, 0.1) is 5.92 Å². The SMILES string of the molecule is CC(C)CN1CCC(S(=O)c2ccc(CNC(=O)c3cc4c(o3)CC=NC=C4)cc2)CC1. The molecule has 0 bridgehead atoms. The van der Waals surface area contributed by atoms with Crippen LogP contribution in [0.5, 0.6) is 0 Å². The molecular weight excluding hydrogens is 422 g/mol. The number of furan rings is 1. The molecule has 1 unspecified atom stereocenters. The van der Waals surface area contributed by atoms with Crippen molar-refractivity contribution in [3.8, 4) is 0 Å². The van der Waals surface area contributed by atoms with Gasteiger partial charge in [-0.05, 0) is 61.7 Å². The molecule has 6 nitrogen and oxygen atoms in total. The average molecular weight is 454 g/mol. The number of hydrogen-bond donors (Lipinski definition) is 1. The molecule has 1 N–H and O–H groups in total. The molecule has 0 spiro atoms. The number of piperidine rings is 1. The summed E-state index contributed by atoms with van der Waals surface area (Å²) in [4.78, 5) is 19.9. The fraction of sp³-hybridized carbons (Fsp3) is 0.440. The fourth-order valence-corrected chi connectivity index (χ4v) is 5.63. The van der Waals surface area contributed by atoms with Crippen molar-refractivity contribution in [2.24, 2.45) is 10.9 Å². The van der Waals surface area contributed by atoms with E-state index in [-0.39, 0.29) is 11.2 Å². The maximum absolute atomic E-state index is 13.0. The molecule has 1 atom stereocenters. The van der Waals surface area contributed by atoms with Crippen LogP contribution in [-0.4, -0.2) is 46.1 Å². The normalized spacial score (nSPS) is 17.8. The van der Waals surface area contributed by atoms with Crippen molar-refractivity contribution in [2.75, 3.05) is 19.6 Å². The maximum Gasteiger partial charge on any atom is 0.287 e. The summed E-state index contributed by atoms with van der Waals surface area (Å²) >= 11 is 0. The van der Waals surface area contributed by atoms with E-state index in [0.29, 0.717) is 24.6 Å². The molecule has 1 aromatic heterocycles. The lowest BCUT2D eigenvalue weighted by Gasteiger charge is -2.32. The van der Waals surface area contributed by atoms with Crippen LogP contribution in [-0.2, 0) is 23.8 Å². The van der Waals surface area contributed by atoms with E-state index in [0.717, 1.165) is 54.3 Å². The Morgan fingerprint density at radius 2 is 2.00 bits per heavy atom. The van der Waals surface area contributed by atoms with Gasteiger partial charge in [0.05, 0.1) is 10.8 Å². The Kier molecular flexibility index (Phi) is 7.37. The van der Waals surface area contributed by atoms with Crippen molar-refractivity contribution in [1.29, 1.82) is 0 Å². The van der Waals surface area contributed by atoms with E-state index < -0.39 is 10.8 Å². The first-order chi connectivity index (χ1) is 15.5. The van der Waals surface area contributed by atoms with Gasteiger partial charge in [-0.3, -0.25) is 14.0 Å². The Balaban J connectivity index is 1.28. The Morgan fingerprint density at radius 3 is 2.72 bits per heavy atom. The summed E-state index contributed by atoms with van der Waals surface area (Å²) < 4.78 is 18.7. The van der Waals surface area contributed by atoms with E-state index >= 15 is 0 Å². The molecule has 0 aliphatic carbocycles. The van der Waals surface area contributed by atoms with Crippen molar-refractivity contribution in [1.82, 2.24) is 10.2 Å². The number of likely N-dealkylation sites (tertiary alicyclic amines) is 1. The second-order valence-corrected chi connectivity index (χ2v) is 10.6. The molecule has 7 heteroatoms. The van der Waals surface area contributed by atoms with Gasteiger partial charge in [0.1, 0.15) is 5.76 Å². The van der Waals surface area contributed by atoms with Gasteiger partial charge < -0.3 is 14.6 Å². The lowest BCUT2D eigenvalue weighted by molar-refractivity contribution is 0.0921. The third-order valence-corrected chi connectivity index (χ3v) is 7.67. The molecule has 2 aliphatic rings. The maximum atomic E-state index is 13.0. The molecule has 0 saturated carbocycles.